The van der Waals surface area contributed by atoms with Crippen LogP contribution in [0.25, 0.3) is 6.08 Å². The van der Waals surface area contributed by atoms with Gasteiger partial charge in [-0.1, -0.05) is 30.3 Å². The van der Waals surface area contributed by atoms with Gasteiger partial charge in [-0.05, 0) is 25.0 Å². The number of hydrogen-bond donors (Lipinski definition) is 2. The molecule has 0 radical (unpaired) electrons. The number of ether oxygens (including phenoxy) is 1. The molecule has 2 atom stereocenters. The van der Waals surface area contributed by atoms with Crippen LogP contribution in [0.4, 0.5) is 0 Å². The van der Waals surface area contributed by atoms with Crippen LogP contribution in [0.5, 0.6) is 0 Å². The lowest BCUT2D eigenvalue weighted by atomic mass is 10.2. The van der Waals surface area contributed by atoms with Crippen molar-refractivity contribution >= 4 is 33.7 Å². The molecule has 0 aliphatic carbocycles. The maximum absolute atomic E-state index is 12.0. The SMILES string of the molecule is C[C@@H](OC(=O)CCNC(=O)/C=C/c1ccccc1)C(=O)N[C@H]1CCS(=O)(=O)C1. The Morgan fingerprint density at radius 2 is 1.96 bits per heavy atom. The minimum absolute atomic E-state index is 0.0462. The molecule has 0 bridgehead atoms. The van der Waals surface area contributed by atoms with Crippen molar-refractivity contribution < 1.29 is 27.5 Å². The molecule has 2 amide bonds. The van der Waals surface area contributed by atoms with Crippen LogP contribution >= 0.6 is 0 Å². The minimum atomic E-state index is -3.10. The third kappa shape index (κ3) is 7.51. The van der Waals surface area contributed by atoms with E-state index in [2.05, 4.69) is 10.6 Å². The fourth-order valence-electron chi connectivity index (χ4n) is 2.62. The number of amides is 2. The number of carbonyl (C=O) groups is 3. The van der Waals surface area contributed by atoms with Gasteiger partial charge in [0.25, 0.3) is 5.91 Å². The molecule has 1 saturated heterocycles. The number of carbonyl (C=O) groups excluding carboxylic acids is 3. The number of sulfone groups is 1. The Morgan fingerprint density at radius 1 is 1.25 bits per heavy atom. The molecule has 2 rings (SSSR count). The summed E-state index contributed by atoms with van der Waals surface area (Å²) in [6.45, 7) is 1.49. The first-order valence-corrected chi connectivity index (χ1v) is 10.8. The van der Waals surface area contributed by atoms with Gasteiger partial charge in [-0.3, -0.25) is 14.4 Å². The van der Waals surface area contributed by atoms with E-state index >= 15 is 0 Å². The first kappa shape index (κ1) is 21.6. The number of hydrogen-bond acceptors (Lipinski definition) is 6. The van der Waals surface area contributed by atoms with Crippen molar-refractivity contribution in [2.45, 2.75) is 31.9 Å². The topological polar surface area (TPSA) is 119 Å². The quantitative estimate of drug-likeness (QED) is 0.476. The summed E-state index contributed by atoms with van der Waals surface area (Å²) in [7, 11) is -3.10. The second-order valence-electron chi connectivity index (χ2n) is 6.53. The minimum Gasteiger partial charge on any atom is -0.452 e. The Bertz CT molecular complexity index is 835. The standard InChI is InChI=1S/C19H24N2O6S/c1-14(19(24)21-16-10-12-28(25,26)13-16)27-18(23)9-11-20-17(22)8-7-15-5-3-2-4-6-15/h2-8,14,16H,9-13H2,1H3,(H,20,22)(H,21,24)/b8-7+/t14-,16+/m1/s1. The smallest absolute Gasteiger partial charge is 0.308 e. The van der Waals surface area contributed by atoms with E-state index in [1.807, 2.05) is 30.3 Å². The number of esters is 1. The summed E-state index contributed by atoms with van der Waals surface area (Å²) in [5, 5.41) is 5.13. The highest BCUT2D eigenvalue weighted by Crippen LogP contribution is 2.11. The molecule has 0 aromatic heterocycles. The summed E-state index contributed by atoms with van der Waals surface area (Å²) in [4.78, 5) is 35.5. The van der Waals surface area contributed by atoms with Gasteiger partial charge in [-0.2, -0.15) is 0 Å². The summed E-state index contributed by atoms with van der Waals surface area (Å²) in [5.74, 6) is -1.56. The van der Waals surface area contributed by atoms with E-state index in [-0.39, 0.29) is 30.4 Å². The Labute approximate surface area is 164 Å². The molecule has 1 fully saturated rings. The predicted octanol–water partition coefficient (Wildman–Crippen LogP) is 0.441. The molecule has 1 aliphatic heterocycles. The van der Waals surface area contributed by atoms with Gasteiger partial charge >= 0.3 is 5.97 Å². The van der Waals surface area contributed by atoms with Gasteiger partial charge in [0.1, 0.15) is 0 Å². The Hall–Kier alpha value is -2.68. The number of benzene rings is 1. The van der Waals surface area contributed by atoms with E-state index in [1.54, 1.807) is 6.08 Å². The van der Waals surface area contributed by atoms with Crippen molar-refractivity contribution in [1.29, 1.82) is 0 Å². The van der Waals surface area contributed by atoms with Crippen LogP contribution in [0.2, 0.25) is 0 Å². The Balaban J connectivity index is 1.65. The molecule has 1 aromatic rings. The maximum atomic E-state index is 12.0. The van der Waals surface area contributed by atoms with Gasteiger partial charge in [-0.25, -0.2) is 8.42 Å². The van der Waals surface area contributed by atoms with E-state index in [1.165, 1.54) is 13.0 Å². The first-order valence-electron chi connectivity index (χ1n) is 8.96. The fourth-order valence-corrected chi connectivity index (χ4v) is 4.29. The van der Waals surface area contributed by atoms with Crippen molar-refractivity contribution in [2.75, 3.05) is 18.1 Å². The largest absolute Gasteiger partial charge is 0.452 e. The average Bonchev–Trinajstić information content (AvgIpc) is 2.99. The normalized spacial score (nSPS) is 19.1. The highest BCUT2D eigenvalue weighted by atomic mass is 32.2. The van der Waals surface area contributed by atoms with Crippen LogP contribution in [0, 0.1) is 0 Å². The summed E-state index contributed by atoms with van der Waals surface area (Å²) >= 11 is 0. The first-order chi connectivity index (χ1) is 13.2. The monoisotopic (exact) mass is 408 g/mol. The Morgan fingerprint density at radius 3 is 2.61 bits per heavy atom. The van der Waals surface area contributed by atoms with Gasteiger partial charge in [0.2, 0.25) is 5.91 Å². The lowest BCUT2D eigenvalue weighted by molar-refractivity contribution is -0.154. The summed E-state index contributed by atoms with van der Waals surface area (Å²) in [6, 6.07) is 8.85. The van der Waals surface area contributed by atoms with Crippen molar-refractivity contribution in [2.24, 2.45) is 0 Å². The third-order valence-corrected chi connectivity index (χ3v) is 5.88. The lowest BCUT2D eigenvalue weighted by Gasteiger charge is -2.16. The second-order valence-corrected chi connectivity index (χ2v) is 8.75. The lowest BCUT2D eigenvalue weighted by Crippen LogP contribution is -2.42. The zero-order chi connectivity index (χ0) is 20.6. The van der Waals surface area contributed by atoms with Crippen LogP contribution in [-0.4, -0.2) is 56.4 Å². The molecule has 0 spiro atoms. The molecule has 1 heterocycles. The van der Waals surface area contributed by atoms with Crippen molar-refractivity contribution in [3.05, 3.63) is 42.0 Å². The van der Waals surface area contributed by atoms with Crippen molar-refractivity contribution in [1.82, 2.24) is 10.6 Å². The number of nitrogens with one attached hydrogen (secondary N) is 2. The molecule has 8 nitrogen and oxygen atoms in total. The second kappa shape index (κ2) is 10.0. The van der Waals surface area contributed by atoms with Gasteiger partial charge < -0.3 is 15.4 Å². The highest BCUT2D eigenvalue weighted by molar-refractivity contribution is 7.91. The van der Waals surface area contributed by atoms with E-state index in [0.29, 0.717) is 6.42 Å². The molecule has 0 saturated carbocycles. The van der Waals surface area contributed by atoms with Gasteiger partial charge in [-0.15, -0.1) is 0 Å². The predicted molar refractivity (Wildman–Crippen MR) is 104 cm³/mol. The molecule has 1 aromatic carbocycles. The van der Waals surface area contributed by atoms with Gasteiger partial charge in [0.15, 0.2) is 15.9 Å². The fraction of sp³-hybridized carbons (Fsp3) is 0.421. The molecule has 9 heteroatoms. The van der Waals surface area contributed by atoms with Crippen LogP contribution < -0.4 is 10.6 Å². The molecule has 28 heavy (non-hydrogen) atoms. The molecule has 1 aliphatic rings. The maximum Gasteiger partial charge on any atom is 0.308 e. The molecular formula is C19H24N2O6S. The molecule has 152 valence electrons. The van der Waals surface area contributed by atoms with E-state index in [4.69, 9.17) is 4.74 Å². The van der Waals surface area contributed by atoms with Crippen LogP contribution in [-0.2, 0) is 29.0 Å². The van der Waals surface area contributed by atoms with E-state index < -0.39 is 33.9 Å². The third-order valence-electron chi connectivity index (χ3n) is 4.11. The van der Waals surface area contributed by atoms with Crippen molar-refractivity contribution in [3.8, 4) is 0 Å². The summed E-state index contributed by atoms with van der Waals surface area (Å²) in [5.41, 5.74) is 0.881. The molecule has 2 N–H and O–H groups in total. The molecular weight excluding hydrogens is 384 g/mol. The summed E-state index contributed by atoms with van der Waals surface area (Å²) in [6.07, 6.45) is 2.26. The van der Waals surface area contributed by atoms with Crippen LogP contribution in [0.1, 0.15) is 25.3 Å². The van der Waals surface area contributed by atoms with Gasteiger partial charge in [0.05, 0.1) is 17.9 Å². The van der Waals surface area contributed by atoms with Crippen molar-refractivity contribution in [3.63, 3.8) is 0 Å². The number of rotatable bonds is 8. The van der Waals surface area contributed by atoms with Crippen LogP contribution in [0.15, 0.2) is 36.4 Å². The highest BCUT2D eigenvalue weighted by Gasteiger charge is 2.30. The van der Waals surface area contributed by atoms with E-state index in [0.717, 1.165) is 5.56 Å². The summed E-state index contributed by atoms with van der Waals surface area (Å²) < 4.78 is 27.8. The zero-order valence-corrected chi connectivity index (χ0v) is 16.4. The average molecular weight is 408 g/mol. The molecule has 0 unspecified atom stereocenters. The Kier molecular flexibility index (Phi) is 7.74. The van der Waals surface area contributed by atoms with Gasteiger partial charge in [0, 0.05) is 18.7 Å². The zero-order valence-electron chi connectivity index (χ0n) is 15.6. The van der Waals surface area contributed by atoms with Crippen LogP contribution in [0.3, 0.4) is 0 Å². The van der Waals surface area contributed by atoms with E-state index in [9.17, 15) is 22.8 Å².